The topological polar surface area (TPSA) is 78.9 Å². The number of ketones is 1. The summed E-state index contributed by atoms with van der Waals surface area (Å²) >= 11 is 0. The number of carbonyl (C=O) groups is 3. The molecule has 0 bridgehead atoms. The molecule has 0 saturated heterocycles. The van der Waals surface area contributed by atoms with Crippen molar-refractivity contribution in [1.29, 1.82) is 0 Å². The Bertz CT molecular complexity index is 505. The Hall–Kier alpha value is -2.37. The average Bonchev–Trinajstić information content (AvgIpc) is 2.48. The summed E-state index contributed by atoms with van der Waals surface area (Å²) in [6.45, 7) is 3.38. The lowest BCUT2D eigenvalue weighted by Crippen LogP contribution is -2.31. The van der Waals surface area contributed by atoms with E-state index in [0.29, 0.717) is 11.3 Å². The molecule has 1 atom stereocenters. The molecule has 21 heavy (non-hydrogen) atoms. The Morgan fingerprint density at radius 3 is 2.05 bits per heavy atom. The van der Waals surface area contributed by atoms with Crippen LogP contribution in [0.4, 0.5) is 0 Å². The molecule has 0 amide bonds. The Morgan fingerprint density at radius 2 is 1.57 bits per heavy atom. The molecular weight excluding hydrogens is 276 g/mol. The Balaban J connectivity index is 3.08. The van der Waals surface area contributed by atoms with Crippen LogP contribution in [0.15, 0.2) is 24.3 Å². The van der Waals surface area contributed by atoms with Gasteiger partial charge < -0.3 is 14.2 Å². The van der Waals surface area contributed by atoms with Gasteiger partial charge in [0.25, 0.3) is 5.78 Å². The summed E-state index contributed by atoms with van der Waals surface area (Å²) in [5.41, 5.74) is 0.354. The van der Waals surface area contributed by atoms with Gasteiger partial charge in [-0.3, -0.25) is 9.59 Å². The highest BCUT2D eigenvalue weighted by Gasteiger charge is 2.35. The molecule has 114 valence electrons. The number of rotatable bonds is 7. The summed E-state index contributed by atoms with van der Waals surface area (Å²) in [6.07, 6.45) is 0. The maximum atomic E-state index is 12.1. The maximum Gasteiger partial charge on any atom is 0.375 e. The van der Waals surface area contributed by atoms with Crippen LogP contribution in [0.2, 0.25) is 0 Å². The normalized spacial score (nSPS) is 11.4. The lowest BCUT2D eigenvalue weighted by atomic mass is 9.94. The van der Waals surface area contributed by atoms with Gasteiger partial charge in [0, 0.05) is 0 Å². The minimum atomic E-state index is -1.32. The van der Waals surface area contributed by atoms with Gasteiger partial charge in [-0.1, -0.05) is 12.1 Å². The van der Waals surface area contributed by atoms with E-state index in [-0.39, 0.29) is 13.2 Å². The van der Waals surface area contributed by atoms with Crippen molar-refractivity contribution in [3.05, 3.63) is 29.8 Å². The van der Waals surface area contributed by atoms with Gasteiger partial charge in [-0.2, -0.15) is 0 Å². The fourth-order valence-electron chi connectivity index (χ4n) is 1.74. The number of Topliss-reactive ketones (excluding diaryl/α,β-unsaturated/α-hetero) is 1. The molecule has 0 aliphatic rings. The van der Waals surface area contributed by atoms with Crippen LogP contribution in [0.1, 0.15) is 25.3 Å². The molecule has 0 saturated carbocycles. The van der Waals surface area contributed by atoms with E-state index in [9.17, 15) is 14.4 Å². The lowest BCUT2D eigenvalue weighted by Gasteiger charge is -2.14. The van der Waals surface area contributed by atoms with E-state index in [2.05, 4.69) is 4.74 Å². The number of carbonyl (C=O) groups excluding carboxylic acids is 3. The van der Waals surface area contributed by atoms with Crippen LogP contribution >= 0.6 is 0 Å². The van der Waals surface area contributed by atoms with E-state index in [1.165, 1.54) is 19.2 Å². The third kappa shape index (κ3) is 4.30. The molecule has 1 rings (SSSR count). The molecular formula is C15H18O6. The van der Waals surface area contributed by atoms with Crippen LogP contribution < -0.4 is 4.74 Å². The first-order valence-electron chi connectivity index (χ1n) is 6.56. The second-order valence-electron chi connectivity index (χ2n) is 4.04. The predicted molar refractivity (Wildman–Crippen MR) is 74.0 cm³/mol. The van der Waals surface area contributed by atoms with Crippen LogP contribution in [0.5, 0.6) is 5.75 Å². The van der Waals surface area contributed by atoms with Gasteiger partial charge in [-0.15, -0.1) is 0 Å². The standard InChI is InChI=1S/C15H18O6/c1-4-20-14(17)12(13(16)15(18)21-5-2)10-6-8-11(19-3)9-7-10/h6-9,12H,4-5H2,1-3H3/t12-/m1/s1. The second-order valence-corrected chi connectivity index (χ2v) is 4.04. The third-order valence-electron chi connectivity index (χ3n) is 2.71. The minimum absolute atomic E-state index is 0.0583. The minimum Gasteiger partial charge on any atom is -0.497 e. The summed E-state index contributed by atoms with van der Waals surface area (Å²) in [7, 11) is 1.50. The maximum absolute atomic E-state index is 12.1. The van der Waals surface area contributed by atoms with Crippen molar-refractivity contribution in [3.63, 3.8) is 0 Å². The monoisotopic (exact) mass is 294 g/mol. The molecule has 0 aliphatic heterocycles. The third-order valence-corrected chi connectivity index (χ3v) is 2.71. The van der Waals surface area contributed by atoms with Gasteiger partial charge >= 0.3 is 11.9 Å². The highest BCUT2D eigenvalue weighted by Crippen LogP contribution is 2.22. The summed E-state index contributed by atoms with van der Waals surface area (Å²) in [4.78, 5) is 35.6. The quantitative estimate of drug-likeness (QED) is 0.430. The first-order valence-corrected chi connectivity index (χ1v) is 6.56. The zero-order chi connectivity index (χ0) is 15.8. The molecule has 1 aromatic carbocycles. The van der Waals surface area contributed by atoms with E-state index < -0.39 is 23.6 Å². The van der Waals surface area contributed by atoms with Crippen LogP contribution in [-0.4, -0.2) is 38.0 Å². The lowest BCUT2D eigenvalue weighted by molar-refractivity contribution is -0.159. The zero-order valence-corrected chi connectivity index (χ0v) is 12.3. The van der Waals surface area contributed by atoms with Crippen LogP contribution in [0, 0.1) is 0 Å². The van der Waals surface area contributed by atoms with Gasteiger partial charge in [-0.25, -0.2) is 4.79 Å². The number of ether oxygens (including phenoxy) is 3. The number of benzene rings is 1. The van der Waals surface area contributed by atoms with Crippen molar-refractivity contribution in [1.82, 2.24) is 0 Å². The van der Waals surface area contributed by atoms with Crippen molar-refractivity contribution >= 4 is 17.7 Å². The summed E-state index contributed by atoms with van der Waals surface area (Å²) in [5.74, 6) is -3.52. The van der Waals surface area contributed by atoms with Crippen molar-refractivity contribution in [2.24, 2.45) is 0 Å². The number of esters is 2. The molecule has 0 unspecified atom stereocenters. The summed E-state index contributed by atoms with van der Waals surface area (Å²) in [6, 6.07) is 6.27. The summed E-state index contributed by atoms with van der Waals surface area (Å²) in [5, 5.41) is 0. The van der Waals surface area contributed by atoms with Crippen LogP contribution in [0.25, 0.3) is 0 Å². The van der Waals surface area contributed by atoms with E-state index in [1.54, 1.807) is 26.0 Å². The van der Waals surface area contributed by atoms with E-state index >= 15 is 0 Å². The Morgan fingerprint density at radius 1 is 1.00 bits per heavy atom. The predicted octanol–water partition coefficient (Wildman–Crippen LogP) is 1.47. The number of methoxy groups -OCH3 is 1. The average molecular weight is 294 g/mol. The molecule has 0 aromatic heterocycles. The highest BCUT2D eigenvalue weighted by molar-refractivity contribution is 6.39. The number of hydrogen-bond acceptors (Lipinski definition) is 6. The van der Waals surface area contributed by atoms with Gasteiger partial charge in [0.1, 0.15) is 5.75 Å². The van der Waals surface area contributed by atoms with E-state index in [1.807, 2.05) is 0 Å². The fraction of sp³-hybridized carbons (Fsp3) is 0.400. The molecule has 0 spiro atoms. The van der Waals surface area contributed by atoms with E-state index in [4.69, 9.17) is 9.47 Å². The second kappa shape index (κ2) is 8.04. The number of hydrogen-bond donors (Lipinski definition) is 0. The molecule has 6 heteroatoms. The molecule has 0 fully saturated rings. The molecule has 0 N–H and O–H groups in total. The summed E-state index contributed by atoms with van der Waals surface area (Å²) < 4.78 is 14.5. The van der Waals surface area contributed by atoms with Crippen molar-refractivity contribution in [2.45, 2.75) is 19.8 Å². The smallest absolute Gasteiger partial charge is 0.375 e. The molecule has 0 radical (unpaired) electrons. The molecule has 0 aliphatic carbocycles. The fourth-order valence-corrected chi connectivity index (χ4v) is 1.74. The molecule has 6 nitrogen and oxygen atoms in total. The first kappa shape index (κ1) is 16.7. The highest BCUT2D eigenvalue weighted by atomic mass is 16.5. The van der Waals surface area contributed by atoms with Gasteiger partial charge in [0.2, 0.25) is 0 Å². The van der Waals surface area contributed by atoms with Crippen LogP contribution in [0.3, 0.4) is 0 Å². The van der Waals surface area contributed by atoms with Gasteiger partial charge in [0.15, 0.2) is 5.92 Å². The van der Waals surface area contributed by atoms with Gasteiger partial charge in [0.05, 0.1) is 20.3 Å². The van der Waals surface area contributed by atoms with E-state index in [0.717, 1.165) is 0 Å². The van der Waals surface area contributed by atoms with Crippen molar-refractivity contribution < 1.29 is 28.6 Å². The molecule has 0 heterocycles. The van der Waals surface area contributed by atoms with Crippen LogP contribution in [-0.2, 0) is 23.9 Å². The largest absolute Gasteiger partial charge is 0.497 e. The Kier molecular flexibility index (Phi) is 6.39. The van der Waals surface area contributed by atoms with Crippen molar-refractivity contribution in [2.75, 3.05) is 20.3 Å². The van der Waals surface area contributed by atoms with Crippen molar-refractivity contribution in [3.8, 4) is 5.75 Å². The van der Waals surface area contributed by atoms with Gasteiger partial charge in [-0.05, 0) is 31.5 Å². The molecule has 1 aromatic rings. The first-order chi connectivity index (χ1) is 10.0. The Labute approximate surface area is 123 Å². The zero-order valence-electron chi connectivity index (χ0n) is 12.3. The SMILES string of the molecule is CCOC(=O)C(=O)[C@H](C(=O)OCC)c1ccc(OC)cc1.